The van der Waals surface area contributed by atoms with Gasteiger partial charge in [-0.25, -0.2) is 0 Å². The van der Waals surface area contributed by atoms with Gasteiger partial charge in [-0.2, -0.15) is 18.2 Å². The van der Waals surface area contributed by atoms with Crippen LogP contribution in [0, 0.1) is 0 Å². The number of benzene rings is 1. The van der Waals surface area contributed by atoms with Gasteiger partial charge in [-0.3, -0.25) is 0 Å². The molecule has 4 nitrogen and oxygen atoms in total. The molecule has 7 heteroatoms. The number of hydrogen-bond acceptors (Lipinski definition) is 4. The van der Waals surface area contributed by atoms with Gasteiger partial charge in [0, 0.05) is 12.1 Å². The summed E-state index contributed by atoms with van der Waals surface area (Å²) in [7, 11) is 0. The molecule has 0 radical (unpaired) electrons. The van der Waals surface area contributed by atoms with Crippen LogP contribution in [0.4, 0.5) is 24.9 Å². The predicted octanol–water partition coefficient (Wildman–Crippen LogP) is 2.94. The number of aromatic nitrogens is 1. The van der Waals surface area contributed by atoms with E-state index in [1.807, 2.05) is 0 Å². The van der Waals surface area contributed by atoms with Gasteiger partial charge in [0.05, 0.1) is 11.3 Å². The lowest BCUT2D eigenvalue weighted by Gasteiger charge is -2.08. The lowest BCUT2D eigenvalue weighted by molar-refractivity contribution is -0.137. The van der Waals surface area contributed by atoms with Gasteiger partial charge in [-0.15, -0.1) is 0 Å². The van der Waals surface area contributed by atoms with Crippen molar-refractivity contribution in [2.24, 2.45) is 5.73 Å². The molecule has 3 N–H and O–H groups in total. The Kier molecular flexibility index (Phi) is 3.75. The molecule has 0 fully saturated rings. The third kappa shape index (κ3) is 3.47. The Balaban J connectivity index is 2.14. The van der Waals surface area contributed by atoms with E-state index in [4.69, 9.17) is 10.2 Å². The third-order valence-electron chi connectivity index (χ3n) is 2.39. The van der Waals surface area contributed by atoms with Crippen molar-refractivity contribution >= 4 is 11.7 Å². The van der Waals surface area contributed by atoms with Gasteiger partial charge in [-0.1, -0.05) is 6.07 Å². The third-order valence-corrected chi connectivity index (χ3v) is 2.39. The number of hydrogen-bond donors (Lipinski definition) is 2. The molecule has 1 aromatic carbocycles. The van der Waals surface area contributed by atoms with Crippen LogP contribution in [0.1, 0.15) is 11.3 Å². The zero-order valence-electron chi connectivity index (χ0n) is 9.87. The molecule has 0 aliphatic rings. The molecule has 2 aromatic rings. The summed E-state index contributed by atoms with van der Waals surface area (Å²) in [5.74, 6) is 0. The summed E-state index contributed by atoms with van der Waals surface area (Å²) in [6.07, 6.45) is -2.41. The van der Waals surface area contributed by atoms with Gasteiger partial charge < -0.3 is 15.5 Å². The Labute approximate surface area is 107 Å². The van der Waals surface area contributed by atoms with Crippen molar-refractivity contribution in [3.63, 3.8) is 0 Å². The van der Waals surface area contributed by atoms with Crippen molar-refractivity contribution in [1.29, 1.82) is 0 Å². The molecule has 102 valence electrons. The number of nitrogens with two attached hydrogens (primary N) is 1. The Morgan fingerprint density at radius 2 is 2.11 bits per heavy atom. The predicted molar refractivity (Wildman–Crippen MR) is 64.0 cm³/mol. The van der Waals surface area contributed by atoms with E-state index >= 15 is 0 Å². The van der Waals surface area contributed by atoms with Crippen LogP contribution in [0.25, 0.3) is 0 Å². The maximum Gasteiger partial charge on any atom is 0.416 e. The van der Waals surface area contributed by atoms with Crippen molar-refractivity contribution in [3.05, 3.63) is 41.8 Å². The van der Waals surface area contributed by atoms with E-state index in [2.05, 4.69) is 10.3 Å². The fourth-order valence-electron chi connectivity index (χ4n) is 1.52. The molecule has 0 bridgehead atoms. The van der Waals surface area contributed by atoms with E-state index in [1.165, 1.54) is 18.4 Å². The second-order valence-electron chi connectivity index (χ2n) is 3.89. The molecule has 1 heterocycles. The zero-order valence-corrected chi connectivity index (χ0v) is 9.87. The van der Waals surface area contributed by atoms with E-state index in [0.717, 1.165) is 12.1 Å². The van der Waals surface area contributed by atoms with Crippen LogP contribution in [0.2, 0.25) is 0 Å². The quantitative estimate of drug-likeness (QED) is 0.897. The van der Waals surface area contributed by atoms with E-state index in [0.29, 0.717) is 18.7 Å². The summed E-state index contributed by atoms with van der Waals surface area (Å²) in [5, 5.41) is 2.68. The van der Waals surface area contributed by atoms with Crippen LogP contribution in [-0.2, 0) is 12.6 Å². The molecule has 1 aromatic heterocycles. The molecule has 0 aliphatic carbocycles. The topological polar surface area (TPSA) is 64.1 Å². The summed E-state index contributed by atoms with van der Waals surface area (Å²) in [4.78, 5) is 4.05. The number of anilines is 2. The van der Waals surface area contributed by atoms with E-state index in [1.54, 1.807) is 0 Å². The van der Waals surface area contributed by atoms with Gasteiger partial charge in [0.15, 0.2) is 0 Å². The van der Waals surface area contributed by atoms with Crippen molar-refractivity contribution in [2.75, 3.05) is 11.9 Å². The average Bonchev–Trinajstić information content (AvgIpc) is 2.76. The summed E-state index contributed by atoms with van der Waals surface area (Å²) >= 11 is 0. The van der Waals surface area contributed by atoms with Crippen molar-refractivity contribution in [2.45, 2.75) is 12.6 Å². The van der Waals surface area contributed by atoms with Gasteiger partial charge in [0.1, 0.15) is 6.26 Å². The largest absolute Gasteiger partial charge is 0.432 e. The SMILES string of the molecule is NCCc1coc(Nc2cccc(C(F)(F)F)c2)n1. The highest BCUT2D eigenvalue weighted by molar-refractivity contribution is 5.53. The van der Waals surface area contributed by atoms with Gasteiger partial charge in [0.25, 0.3) is 6.01 Å². The minimum atomic E-state index is -4.38. The second kappa shape index (κ2) is 5.31. The molecular formula is C12H12F3N3O. The fraction of sp³-hybridized carbons (Fsp3) is 0.250. The normalized spacial score (nSPS) is 11.6. The Morgan fingerprint density at radius 3 is 2.79 bits per heavy atom. The maximum atomic E-state index is 12.5. The summed E-state index contributed by atoms with van der Waals surface area (Å²) in [6.45, 7) is 0.426. The molecule has 0 spiro atoms. The molecule has 0 saturated carbocycles. The summed E-state index contributed by atoms with van der Waals surface area (Å²) in [5.41, 5.74) is 5.54. The summed E-state index contributed by atoms with van der Waals surface area (Å²) < 4.78 is 42.7. The lowest BCUT2D eigenvalue weighted by Crippen LogP contribution is -2.05. The highest BCUT2D eigenvalue weighted by Gasteiger charge is 2.30. The number of halogens is 3. The van der Waals surface area contributed by atoms with Crippen LogP contribution in [0.5, 0.6) is 0 Å². The zero-order chi connectivity index (χ0) is 13.9. The Bertz CT molecular complexity index is 551. The molecule has 19 heavy (non-hydrogen) atoms. The maximum absolute atomic E-state index is 12.5. The van der Waals surface area contributed by atoms with Crippen LogP contribution >= 0.6 is 0 Å². The first-order valence-electron chi connectivity index (χ1n) is 5.58. The van der Waals surface area contributed by atoms with Gasteiger partial charge in [-0.05, 0) is 24.7 Å². The molecule has 0 saturated heterocycles. The molecule has 0 atom stereocenters. The van der Waals surface area contributed by atoms with E-state index < -0.39 is 11.7 Å². The molecular weight excluding hydrogens is 259 g/mol. The second-order valence-corrected chi connectivity index (χ2v) is 3.89. The molecule has 0 unspecified atom stereocenters. The number of rotatable bonds is 4. The molecule has 0 aliphatic heterocycles. The minimum Gasteiger partial charge on any atom is -0.432 e. The number of nitrogens with zero attached hydrogens (tertiary/aromatic N) is 1. The smallest absolute Gasteiger partial charge is 0.416 e. The first kappa shape index (κ1) is 13.4. The van der Waals surface area contributed by atoms with Crippen molar-refractivity contribution < 1.29 is 17.6 Å². The minimum absolute atomic E-state index is 0.141. The van der Waals surface area contributed by atoms with Crippen molar-refractivity contribution in [3.8, 4) is 0 Å². The summed E-state index contributed by atoms with van der Waals surface area (Å²) in [6, 6.07) is 4.95. The van der Waals surface area contributed by atoms with Crippen molar-refractivity contribution in [1.82, 2.24) is 4.98 Å². The standard InChI is InChI=1S/C12H12F3N3O/c13-12(14,15)8-2-1-3-9(6-8)17-11-18-10(4-5-16)7-19-11/h1-3,6-7H,4-5,16H2,(H,17,18). The fourth-order valence-corrected chi connectivity index (χ4v) is 1.52. The van der Waals surface area contributed by atoms with E-state index in [9.17, 15) is 13.2 Å². The highest BCUT2D eigenvalue weighted by atomic mass is 19.4. The average molecular weight is 271 g/mol. The Morgan fingerprint density at radius 1 is 1.32 bits per heavy atom. The van der Waals surface area contributed by atoms with E-state index in [-0.39, 0.29) is 11.7 Å². The first-order chi connectivity index (χ1) is 8.99. The van der Waals surface area contributed by atoms with Crippen LogP contribution in [0.3, 0.4) is 0 Å². The monoisotopic (exact) mass is 271 g/mol. The van der Waals surface area contributed by atoms with Gasteiger partial charge in [0.2, 0.25) is 0 Å². The van der Waals surface area contributed by atoms with Crippen LogP contribution in [0.15, 0.2) is 34.9 Å². The molecule has 0 amide bonds. The first-order valence-corrected chi connectivity index (χ1v) is 5.58. The number of oxazole rings is 1. The van der Waals surface area contributed by atoms with Gasteiger partial charge >= 0.3 is 6.18 Å². The van der Waals surface area contributed by atoms with Crippen LogP contribution < -0.4 is 11.1 Å². The molecule has 2 rings (SSSR count). The van der Waals surface area contributed by atoms with Crippen LogP contribution in [-0.4, -0.2) is 11.5 Å². The number of nitrogens with one attached hydrogen (secondary N) is 1. The number of alkyl halides is 3. The lowest BCUT2D eigenvalue weighted by atomic mass is 10.2. The highest BCUT2D eigenvalue weighted by Crippen LogP contribution is 2.31. The Hall–Kier alpha value is -2.02.